The minimum Gasteiger partial charge on any atom is -0.423 e. The molecule has 0 heterocycles. The number of halogens is 2. The van der Waals surface area contributed by atoms with Gasteiger partial charge in [-0.1, -0.05) is 33.6 Å². The highest BCUT2D eigenvalue weighted by atomic mass is 79.9. The van der Waals surface area contributed by atoms with Crippen molar-refractivity contribution in [2.45, 2.75) is 0 Å². The largest absolute Gasteiger partial charge is 0.423 e. The van der Waals surface area contributed by atoms with Crippen molar-refractivity contribution >= 4 is 39.4 Å². The summed E-state index contributed by atoms with van der Waals surface area (Å²) in [5, 5.41) is 0.274. The van der Waals surface area contributed by atoms with Gasteiger partial charge in [-0.05, 0) is 36.4 Å². The average molecular weight is 355 g/mol. The molecule has 1 amide bonds. The normalized spacial score (nSPS) is 10.1. The van der Waals surface area contributed by atoms with E-state index in [1.54, 1.807) is 30.3 Å². The molecule has 2 aromatic carbocycles. The average Bonchev–Trinajstić information content (AvgIpc) is 2.38. The molecule has 0 atom stereocenters. The molecule has 20 heavy (non-hydrogen) atoms. The number of hydrogen-bond donors (Lipinski definition) is 1. The fraction of sp³-hybridized carbons (Fsp3) is 0. The third kappa shape index (κ3) is 3.37. The summed E-state index contributed by atoms with van der Waals surface area (Å²) in [6.07, 6.45) is 0. The van der Waals surface area contributed by atoms with Crippen LogP contribution in [-0.4, -0.2) is 11.9 Å². The van der Waals surface area contributed by atoms with Crippen LogP contribution in [0.5, 0.6) is 5.75 Å². The van der Waals surface area contributed by atoms with Gasteiger partial charge in [-0.2, -0.15) is 0 Å². The number of primary amides is 1. The third-order valence-electron chi connectivity index (χ3n) is 2.48. The number of ether oxygens (including phenoxy) is 1. The Balaban J connectivity index is 2.23. The van der Waals surface area contributed by atoms with Crippen molar-refractivity contribution in [1.29, 1.82) is 0 Å². The van der Waals surface area contributed by atoms with Gasteiger partial charge in [-0.15, -0.1) is 0 Å². The summed E-state index contributed by atoms with van der Waals surface area (Å²) in [5.41, 5.74) is 5.66. The first kappa shape index (κ1) is 14.6. The maximum atomic E-state index is 12.0. The van der Waals surface area contributed by atoms with E-state index in [9.17, 15) is 9.59 Å². The summed E-state index contributed by atoms with van der Waals surface area (Å²) in [6.45, 7) is 0. The fourth-order valence-corrected chi connectivity index (χ4v) is 2.28. The lowest BCUT2D eigenvalue weighted by Crippen LogP contribution is -2.12. The Hall–Kier alpha value is -1.85. The van der Waals surface area contributed by atoms with E-state index in [2.05, 4.69) is 15.9 Å². The molecule has 2 N–H and O–H groups in total. The SMILES string of the molecule is NC(=O)c1cccc(OC(=O)c2ccc(Br)cc2Cl)c1. The van der Waals surface area contributed by atoms with Crippen LogP contribution < -0.4 is 10.5 Å². The first-order valence-electron chi connectivity index (χ1n) is 5.54. The molecule has 0 fully saturated rings. The van der Waals surface area contributed by atoms with Gasteiger partial charge in [0.05, 0.1) is 10.6 Å². The maximum absolute atomic E-state index is 12.0. The minimum atomic E-state index is -0.607. The van der Waals surface area contributed by atoms with Crippen LogP contribution in [0.1, 0.15) is 20.7 Å². The number of nitrogens with two attached hydrogens (primary N) is 1. The highest BCUT2D eigenvalue weighted by Gasteiger charge is 2.13. The summed E-state index contributed by atoms with van der Waals surface area (Å²) >= 11 is 9.22. The zero-order valence-electron chi connectivity index (χ0n) is 10.1. The molecule has 0 bridgehead atoms. The minimum absolute atomic E-state index is 0.227. The summed E-state index contributed by atoms with van der Waals surface area (Å²) < 4.78 is 5.92. The van der Waals surface area contributed by atoms with E-state index in [1.165, 1.54) is 12.1 Å². The van der Waals surface area contributed by atoms with Crippen LogP contribution in [0.4, 0.5) is 0 Å². The molecule has 0 unspecified atom stereocenters. The highest BCUT2D eigenvalue weighted by Crippen LogP contribution is 2.23. The number of hydrogen-bond acceptors (Lipinski definition) is 3. The van der Waals surface area contributed by atoms with Crippen molar-refractivity contribution in [3.05, 3.63) is 63.1 Å². The lowest BCUT2D eigenvalue weighted by atomic mass is 10.2. The number of benzene rings is 2. The fourth-order valence-electron chi connectivity index (χ4n) is 1.53. The topological polar surface area (TPSA) is 69.4 Å². The second kappa shape index (κ2) is 6.07. The van der Waals surface area contributed by atoms with E-state index in [0.717, 1.165) is 4.47 Å². The van der Waals surface area contributed by atoms with Crippen molar-refractivity contribution in [1.82, 2.24) is 0 Å². The van der Waals surface area contributed by atoms with Gasteiger partial charge in [-0.25, -0.2) is 4.79 Å². The number of rotatable bonds is 3. The lowest BCUT2D eigenvalue weighted by molar-refractivity contribution is 0.0734. The predicted molar refractivity (Wildman–Crippen MR) is 79.1 cm³/mol. The van der Waals surface area contributed by atoms with E-state index in [0.29, 0.717) is 0 Å². The van der Waals surface area contributed by atoms with Crippen molar-refractivity contribution in [3.63, 3.8) is 0 Å². The molecule has 0 aliphatic carbocycles. The predicted octanol–water partition coefficient (Wildman–Crippen LogP) is 3.42. The van der Waals surface area contributed by atoms with Crippen LogP contribution in [0.15, 0.2) is 46.9 Å². The molecule has 102 valence electrons. The highest BCUT2D eigenvalue weighted by molar-refractivity contribution is 9.10. The van der Waals surface area contributed by atoms with Gasteiger partial charge >= 0.3 is 5.97 Å². The first-order chi connectivity index (χ1) is 9.47. The van der Waals surface area contributed by atoms with Gasteiger partial charge in [0.2, 0.25) is 5.91 Å². The molecule has 2 aromatic rings. The van der Waals surface area contributed by atoms with Crippen LogP contribution in [0, 0.1) is 0 Å². The van der Waals surface area contributed by atoms with Crippen molar-refractivity contribution in [3.8, 4) is 5.75 Å². The third-order valence-corrected chi connectivity index (χ3v) is 3.29. The monoisotopic (exact) mass is 353 g/mol. The lowest BCUT2D eigenvalue weighted by Gasteiger charge is -2.07. The molecule has 4 nitrogen and oxygen atoms in total. The summed E-state index contributed by atoms with van der Waals surface area (Å²) in [5.74, 6) is -0.973. The number of amides is 1. The Morgan fingerprint density at radius 3 is 2.55 bits per heavy atom. The van der Waals surface area contributed by atoms with E-state index in [1.807, 2.05) is 0 Å². The Labute approximate surface area is 128 Å². The molecule has 2 rings (SSSR count). The molecular formula is C14H9BrClNO3. The number of esters is 1. The van der Waals surface area contributed by atoms with E-state index in [4.69, 9.17) is 22.1 Å². The molecule has 0 spiro atoms. The second-order valence-corrected chi connectivity index (χ2v) is 5.23. The van der Waals surface area contributed by atoms with E-state index in [-0.39, 0.29) is 21.9 Å². The zero-order chi connectivity index (χ0) is 14.7. The van der Waals surface area contributed by atoms with Crippen molar-refractivity contribution in [2.24, 2.45) is 5.73 Å². The van der Waals surface area contributed by atoms with Gasteiger partial charge < -0.3 is 10.5 Å². The Kier molecular flexibility index (Phi) is 4.42. The van der Waals surface area contributed by atoms with Gasteiger partial charge in [0.15, 0.2) is 0 Å². The zero-order valence-corrected chi connectivity index (χ0v) is 12.4. The number of carbonyl (C=O) groups is 2. The summed E-state index contributed by atoms with van der Waals surface area (Å²) in [4.78, 5) is 23.0. The Bertz CT molecular complexity index is 688. The molecule has 0 aliphatic rings. The Morgan fingerprint density at radius 1 is 1.15 bits per heavy atom. The van der Waals surface area contributed by atoms with E-state index >= 15 is 0 Å². The summed E-state index contributed by atoms with van der Waals surface area (Å²) in [6, 6.07) is 10.9. The molecule has 0 aliphatic heterocycles. The van der Waals surface area contributed by atoms with Gasteiger partial charge in [-0.3, -0.25) is 4.79 Å². The smallest absolute Gasteiger partial charge is 0.345 e. The molecule has 0 saturated carbocycles. The second-order valence-electron chi connectivity index (χ2n) is 3.91. The van der Waals surface area contributed by atoms with Crippen molar-refractivity contribution < 1.29 is 14.3 Å². The van der Waals surface area contributed by atoms with Gasteiger partial charge in [0.25, 0.3) is 0 Å². The molecule has 0 saturated heterocycles. The van der Waals surface area contributed by atoms with E-state index < -0.39 is 11.9 Å². The molecule has 0 aromatic heterocycles. The van der Waals surface area contributed by atoms with Gasteiger partial charge in [0, 0.05) is 10.0 Å². The van der Waals surface area contributed by atoms with Crippen LogP contribution in [-0.2, 0) is 0 Å². The quantitative estimate of drug-likeness (QED) is 0.678. The number of carbonyl (C=O) groups excluding carboxylic acids is 2. The maximum Gasteiger partial charge on any atom is 0.345 e. The van der Waals surface area contributed by atoms with Gasteiger partial charge in [0.1, 0.15) is 5.75 Å². The molecular weight excluding hydrogens is 346 g/mol. The summed E-state index contributed by atoms with van der Waals surface area (Å²) in [7, 11) is 0. The molecule has 6 heteroatoms. The standard InChI is InChI=1S/C14H9BrClNO3/c15-9-4-5-11(12(16)7-9)14(19)20-10-3-1-2-8(6-10)13(17)18/h1-7H,(H2,17,18). The van der Waals surface area contributed by atoms with Crippen LogP contribution in [0.3, 0.4) is 0 Å². The van der Waals surface area contributed by atoms with Crippen LogP contribution in [0.25, 0.3) is 0 Å². The van der Waals surface area contributed by atoms with Crippen LogP contribution >= 0.6 is 27.5 Å². The van der Waals surface area contributed by atoms with Crippen LogP contribution in [0.2, 0.25) is 5.02 Å². The first-order valence-corrected chi connectivity index (χ1v) is 6.71. The Morgan fingerprint density at radius 2 is 1.90 bits per heavy atom. The van der Waals surface area contributed by atoms with Crippen molar-refractivity contribution in [2.75, 3.05) is 0 Å². The molecule has 0 radical (unpaired) electrons.